The lowest BCUT2D eigenvalue weighted by Crippen LogP contribution is -2.35. The fourth-order valence-electron chi connectivity index (χ4n) is 2.13. The van der Waals surface area contributed by atoms with Crippen LogP contribution in [0.15, 0.2) is 66.4 Å². The van der Waals surface area contributed by atoms with Crippen LogP contribution in [0.25, 0.3) is 6.08 Å². The number of rotatable bonds is 7. The molecule has 0 unspecified atom stereocenters. The maximum absolute atomic E-state index is 12.4. The second kappa shape index (κ2) is 9.30. The molecule has 4 heteroatoms. The maximum atomic E-state index is 12.4. The van der Waals surface area contributed by atoms with Crippen molar-refractivity contribution in [2.45, 2.75) is 19.8 Å². The Balaban J connectivity index is 2.17. The van der Waals surface area contributed by atoms with Crippen molar-refractivity contribution in [3.63, 3.8) is 0 Å². The predicted molar refractivity (Wildman–Crippen MR) is 96.2 cm³/mol. The van der Waals surface area contributed by atoms with Crippen LogP contribution in [0.5, 0.6) is 0 Å². The summed E-state index contributed by atoms with van der Waals surface area (Å²) in [5.41, 5.74) is 1.61. The number of carbonyl (C=O) groups excluding carboxylic acids is 2. The predicted octanol–water partition coefficient (Wildman–Crippen LogP) is 3.37. The van der Waals surface area contributed by atoms with Crippen LogP contribution < -0.4 is 10.6 Å². The van der Waals surface area contributed by atoms with Crippen LogP contribution in [0.2, 0.25) is 0 Å². The van der Waals surface area contributed by atoms with E-state index in [0.29, 0.717) is 12.1 Å². The third-order valence-electron chi connectivity index (χ3n) is 3.46. The quantitative estimate of drug-likeness (QED) is 0.606. The zero-order chi connectivity index (χ0) is 17.2. The Hall–Kier alpha value is -2.88. The largest absolute Gasteiger partial charge is 0.351 e. The third-order valence-corrected chi connectivity index (χ3v) is 3.46. The molecule has 0 heterocycles. The molecule has 0 aromatic heterocycles. The molecule has 0 radical (unpaired) electrons. The molecule has 0 fully saturated rings. The van der Waals surface area contributed by atoms with Crippen molar-refractivity contribution in [1.29, 1.82) is 0 Å². The molecule has 2 aromatic carbocycles. The van der Waals surface area contributed by atoms with E-state index in [9.17, 15) is 9.59 Å². The number of hydrogen-bond donors (Lipinski definition) is 2. The van der Waals surface area contributed by atoms with Gasteiger partial charge in [0.25, 0.3) is 11.8 Å². The number of hydrogen-bond acceptors (Lipinski definition) is 2. The Kier molecular flexibility index (Phi) is 6.77. The van der Waals surface area contributed by atoms with Gasteiger partial charge in [-0.2, -0.15) is 0 Å². The van der Waals surface area contributed by atoms with Crippen molar-refractivity contribution >= 4 is 17.9 Å². The van der Waals surface area contributed by atoms with Crippen LogP contribution in [0.1, 0.15) is 35.7 Å². The smallest absolute Gasteiger partial charge is 0.267 e. The number of nitrogens with one attached hydrogen (secondary N) is 2. The fraction of sp³-hybridized carbons (Fsp3) is 0.200. The second-order valence-corrected chi connectivity index (χ2v) is 5.40. The van der Waals surface area contributed by atoms with E-state index in [1.807, 2.05) is 36.4 Å². The van der Waals surface area contributed by atoms with E-state index >= 15 is 0 Å². The van der Waals surface area contributed by atoms with E-state index in [1.54, 1.807) is 30.3 Å². The molecule has 0 bridgehead atoms. The molecule has 4 nitrogen and oxygen atoms in total. The topological polar surface area (TPSA) is 58.2 Å². The average Bonchev–Trinajstić information content (AvgIpc) is 2.63. The van der Waals surface area contributed by atoms with E-state index in [1.165, 1.54) is 0 Å². The summed E-state index contributed by atoms with van der Waals surface area (Å²) in [7, 11) is 0. The second-order valence-electron chi connectivity index (χ2n) is 5.40. The molecule has 0 atom stereocenters. The first-order chi connectivity index (χ1) is 11.7. The number of benzene rings is 2. The van der Waals surface area contributed by atoms with E-state index in [-0.39, 0.29) is 17.5 Å². The fourth-order valence-corrected chi connectivity index (χ4v) is 2.13. The summed E-state index contributed by atoms with van der Waals surface area (Å²) >= 11 is 0. The SMILES string of the molecule is CCCCNC(=O)/C(=C\c1ccccc1)NC(=O)c1ccccc1. The number of amides is 2. The lowest BCUT2D eigenvalue weighted by Gasteiger charge is -2.11. The molecule has 0 aliphatic carbocycles. The van der Waals surface area contributed by atoms with Crippen molar-refractivity contribution in [1.82, 2.24) is 10.6 Å². The zero-order valence-corrected chi connectivity index (χ0v) is 13.8. The van der Waals surface area contributed by atoms with Crippen LogP contribution in [0.4, 0.5) is 0 Å². The molecule has 24 heavy (non-hydrogen) atoms. The maximum Gasteiger partial charge on any atom is 0.267 e. The molecule has 2 amide bonds. The van der Waals surface area contributed by atoms with Crippen LogP contribution in [0, 0.1) is 0 Å². The molecular weight excluding hydrogens is 300 g/mol. The van der Waals surface area contributed by atoms with Gasteiger partial charge in [-0.05, 0) is 30.2 Å². The van der Waals surface area contributed by atoms with Crippen molar-refractivity contribution in [3.8, 4) is 0 Å². The lowest BCUT2D eigenvalue weighted by molar-refractivity contribution is -0.117. The van der Waals surface area contributed by atoms with Gasteiger partial charge in [-0.15, -0.1) is 0 Å². The minimum absolute atomic E-state index is 0.242. The van der Waals surface area contributed by atoms with Crippen LogP contribution in [-0.4, -0.2) is 18.4 Å². The van der Waals surface area contributed by atoms with Crippen LogP contribution >= 0.6 is 0 Å². The first-order valence-electron chi connectivity index (χ1n) is 8.12. The van der Waals surface area contributed by atoms with E-state index in [2.05, 4.69) is 17.6 Å². The minimum Gasteiger partial charge on any atom is -0.351 e. The molecule has 0 saturated heterocycles. The zero-order valence-electron chi connectivity index (χ0n) is 13.8. The van der Waals surface area contributed by atoms with Crippen molar-refractivity contribution in [3.05, 3.63) is 77.5 Å². The monoisotopic (exact) mass is 322 g/mol. The minimum atomic E-state index is -0.302. The highest BCUT2D eigenvalue weighted by Crippen LogP contribution is 2.07. The summed E-state index contributed by atoms with van der Waals surface area (Å²) < 4.78 is 0. The van der Waals surface area contributed by atoms with Gasteiger partial charge < -0.3 is 10.6 Å². The van der Waals surface area contributed by atoms with Gasteiger partial charge in [-0.25, -0.2) is 0 Å². The summed E-state index contributed by atoms with van der Waals surface area (Å²) in [6.45, 7) is 2.65. The molecule has 0 saturated carbocycles. The Morgan fingerprint density at radius 2 is 1.58 bits per heavy atom. The van der Waals surface area contributed by atoms with Gasteiger partial charge in [0, 0.05) is 12.1 Å². The average molecular weight is 322 g/mol. The molecule has 0 spiro atoms. The van der Waals surface area contributed by atoms with Gasteiger partial charge in [0.1, 0.15) is 5.70 Å². The Bertz CT molecular complexity index is 694. The lowest BCUT2D eigenvalue weighted by atomic mass is 10.1. The van der Waals surface area contributed by atoms with Gasteiger partial charge in [-0.1, -0.05) is 61.9 Å². The molecular formula is C20H22N2O2. The van der Waals surface area contributed by atoms with Gasteiger partial charge in [-0.3, -0.25) is 9.59 Å². The van der Waals surface area contributed by atoms with E-state index < -0.39 is 0 Å². The first kappa shape index (κ1) is 17.5. The normalized spacial score (nSPS) is 11.0. The summed E-state index contributed by atoms with van der Waals surface area (Å²) in [5, 5.41) is 5.56. The summed E-state index contributed by atoms with van der Waals surface area (Å²) in [4.78, 5) is 24.7. The number of unbranched alkanes of at least 4 members (excludes halogenated alkanes) is 1. The summed E-state index contributed by atoms with van der Waals surface area (Å²) in [5.74, 6) is -0.583. The highest BCUT2D eigenvalue weighted by Gasteiger charge is 2.14. The Labute approximate surface area is 142 Å². The van der Waals surface area contributed by atoms with Gasteiger partial charge in [0.05, 0.1) is 0 Å². The van der Waals surface area contributed by atoms with Crippen molar-refractivity contribution in [2.24, 2.45) is 0 Å². The van der Waals surface area contributed by atoms with Crippen molar-refractivity contribution < 1.29 is 9.59 Å². The summed E-state index contributed by atoms with van der Waals surface area (Å²) in [6, 6.07) is 18.3. The van der Waals surface area contributed by atoms with Gasteiger partial charge >= 0.3 is 0 Å². The molecule has 124 valence electrons. The summed E-state index contributed by atoms with van der Waals surface area (Å²) in [6.07, 6.45) is 3.58. The molecule has 2 rings (SSSR count). The first-order valence-corrected chi connectivity index (χ1v) is 8.12. The van der Waals surface area contributed by atoms with E-state index in [0.717, 1.165) is 18.4 Å². The molecule has 0 aliphatic rings. The highest BCUT2D eigenvalue weighted by atomic mass is 16.2. The highest BCUT2D eigenvalue weighted by molar-refractivity contribution is 6.05. The number of carbonyl (C=O) groups is 2. The van der Waals surface area contributed by atoms with Crippen LogP contribution in [0.3, 0.4) is 0 Å². The molecule has 2 N–H and O–H groups in total. The van der Waals surface area contributed by atoms with E-state index in [4.69, 9.17) is 0 Å². The van der Waals surface area contributed by atoms with Crippen molar-refractivity contribution in [2.75, 3.05) is 6.54 Å². The molecule has 0 aliphatic heterocycles. The van der Waals surface area contributed by atoms with Crippen LogP contribution in [-0.2, 0) is 4.79 Å². The third kappa shape index (κ3) is 5.39. The van der Waals surface area contributed by atoms with Gasteiger partial charge in [0.2, 0.25) is 0 Å². The molecule has 2 aromatic rings. The van der Waals surface area contributed by atoms with Gasteiger partial charge in [0.15, 0.2) is 0 Å². The Morgan fingerprint density at radius 3 is 2.21 bits per heavy atom. The Morgan fingerprint density at radius 1 is 0.958 bits per heavy atom. The standard InChI is InChI=1S/C20H22N2O2/c1-2-3-14-21-20(24)18(15-16-10-6-4-7-11-16)22-19(23)17-12-8-5-9-13-17/h4-13,15H,2-3,14H2,1H3,(H,21,24)(H,22,23)/b18-15+.